The van der Waals surface area contributed by atoms with Crippen molar-refractivity contribution in [3.8, 4) is 0 Å². The standard InChI is InChI=1S/C20H34N4O3.2ClH/c1-15-16(2)27-18(23-15)13-24-10-4-17(5-11-24)12-22-19(25)20(14-26-3)6-8-21-9-7-20;;/h17,21H,4-14H2,1-3H3,(H,22,25);2*1H. The normalized spacial score (nSPS) is 19.8. The largest absolute Gasteiger partial charge is 0.444 e. The molecule has 3 rings (SSSR count). The fourth-order valence-electron chi connectivity index (χ4n) is 4.19. The Morgan fingerprint density at radius 2 is 1.93 bits per heavy atom. The van der Waals surface area contributed by atoms with Gasteiger partial charge in [-0.3, -0.25) is 9.69 Å². The fraction of sp³-hybridized carbons (Fsp3) is 0.800. The van der Waals surface area contributed by atoms with E-state index in [1.165, 1.54) is 0 Å². The molecule has 0 aliphatic carbocycles. The summed E-state index contributed by atoms with van der Waals surface area (Å²) >= 11 is 0. The van der Waals surface area contributed by atoms with E-state index in [2.05, 4.69) is 20.5 Å². The molecule has 0 saturated carbocycles. The van der Waals surface area contributed by atoms with Crippen LogP contribution < -0.4 is 10.6 Å². The smallest absolute Gasteiger partial charge is 0.228 e. The first kappa shape index (κ1) is 26.2. The summed E-state index contributed by atoms with van der Waals surface area (Å²) in [5.41, 5.74) is 0.618. The minimum Gasteiger partial charge on any atom is -0.444 e. The van der Waals surface area contributed by atoms with E-state index < -0.39 is 0 Å². The summed E-state index contributed by atoms with van der Waals surface area (Å²) in [5, 5.41) is 6.56. The van der Waals surface area contributed by atoms with Gasteiger partial charge in [0.15, 0.2) is 0 Å². The van der Waals surface area contributed by atoms with Crippen LogP contribution in [0.15, 0.2) is 4.42 Å². The van der Waals surface area contributed by atoms with Crippen LogP contribution in [-0.2, 0) is 16.1 Å². The van der Waals surface area contributed by atoms with Crippen LogP contribution in [-0.4, -0.2) is 62.2 Å². The van der Waals surface area contributed by atoms with Crippen LogP contribution in [0.2, 0.25) is 0 Å². The van der Waals surface area contributed by atoms with Crippen LogP contribution in [0.3, 0.4) is 0 Å². The molecule has 0 unspecified atom stereocenters. The van der Waals surface area contributed by atoms with E-state index in [4.69, 9.17) is 9.15 Å². The number of carbonyl (C=O) groups excluding carboxylic acids is 1. The number of methoxy groups -OCH3 is 1. The summed E-state index contributed by atoms with van der Waals surface area (Å²) in [6.07, 6.45) is 3.88. The molecule has 0 aromatic carbocycles. The monoisotopic (exact) mass is 450 g/mol. The van der Waals surface area contributed by atoms with E-state index in [-0.39, 0.29) is 36.1 Å². The van der Waals surface area contributed by atoms with Gasteiger partial charge in [-0.05, 0) is 71.6 Å². The highest BCUT2D eigenvalue weighted by molar-refractivity contribution is 5.85. The molecule has 0 radical (unpaired) electrons. The van der Waals surface area contributed by atoms with E-state index >= 15 is 0 Å². The Morgan fingerprint density at radius 3 is 2.48 bits per heavy atom. The molecule has 3 heterocycles. The molecule has 2 N–H and O–H groups in total. The molecule has 1 amide bonds. The number of ether oxygens (including phenoxy) is 1. The lowest BCUT2D eigenvalue weighted by Crippen LogP contribution is -2.51. The van der Waals surface area contributed by atoms with Gasteiger partial charge in [0.25, 0.3) is 0 Å². The van der Waals surface area contributed by atoms with Gasteiger partial charge in [0.05, 0.1) is 24.3 Å². The lowest BCUT2D eigenvalue weighted by atomic mass is 9.78. The average Bonchev–Trinajstić information content (AvgIpc) is 2.99. The third-order valence-corrected chi connectivity index (χ3v) is 6.15. The third kappa shape index (κ3) is 6.82. The predicted octanol–water partition coefficient (Wildman–Crippen LogP) is 2.48. The van der Waals surface area contributed by atoms with E-state index in [0.717, 1.165) is 82.3 Å². The van der Waals surface area contributed by atoms with Crippen LogP contribution in [0, 0.1) is 25.2 Å². The quantitative estimate of drug-likeness (QED) is 0.663. The third-order valence-electron chi connectivity index (χ3n) is 6.15. The molecular weight excluding hydrogens is 415 g/mol. The van der Waals surface area contributed by atoms with Crippen molar-refractivity contribution in [2.75, 3.05) is 46.4 Å². The van der Waals surface area contributed by atoms with Crippen molar-refractivity contribution in [1.29, 1.82) is 0 Å². The molecule has 2 aliphatic heterocycles. The van der Waals surface area contributed by atoms with Crippen molar-refractivity contribution in [3.63, 3.8) is 0 Å². The van der Waals surface area contributed by atoms with Crippen LogP contribution in [0.25, 0.3) is 0 Å². The number of amides is 1. The van der Waals surface area contributed by atoms with Gasteiger partial charge in [0, 0.05) is 13.7 Å². The van der Waals surface area contributed by atoms with Crippen LogP contribution in [0.1, 0.15) is 43.0 Å². The molecule has 0 atom stereocenters. The number of aromatic nitrogens is 1. The second-order valence-corrected chi connectivity index (χ2v) is 8.14. The number of halogens is 2. The summed E-state index contributed by atoms with van der Waals surface area (Å²) in [5.74, 6) is 2.42. The first-order valence-electron chi connectivity index (χ1n) is 10.2. The number of nitrogens with one attached hydrogen (secondary N) is 2. The molecule has 2 aliphatic rings. The lowest BCUT2D eigenvalue weighted by Gasteiger charge is -2.36. The van der Waals surface area contributed by atoms with E-state index in [9.17, 15) is 4.79 Å². The topological polar surface area (TPSA) is 79.6 Å². The maximum absolute atomic E-state index is 12.8. The van der Waals surface area contributed by atoms with Crippen LogP contribution >= 0.6 is 24.8 Å². The van der Waals surface area contributed by atoms with Gasteiger partial charge in [0.1, 0.15) is 5.76 Å². The fourth-order valence-corrected chi connectivity index (χ4v) is 4.19. The maximum Gasteiger partial charge on any atom is 0.228 e. The Labute approximate surface area is 186 Å². The molecular formula is C20H36Cl2N4O3. The molecule has 2 fully saturated rings. The second-order valence-electron chi connectivity index (χ2n) is 8.14. The Bertz CT molecular complexity index is 602. The number of nitrogens with zero attached hydrogens (tertiary/aromatic N) is 2. The van der Waals surface area contributed by atoms with E-state index in [0.29, 0.717) is 12.5 Å². The van der Waals surface area contributed by atoms with E-state index in [1.54, 1.807) is 7.11 Å². The van der Waals surface area contributed by atoms with Gasteiger partial charge >= 0.3 is 0 Å². The number of piperidine rings is 2. The summed E-state index contributed by atoms with van der Waals surface area (Å²) in [6.45, 7) is 9.80. The first-order valence-corrected chi connectivity index (χ1v) is 10.2. The zero-order valence-corrected chi connectivity index (χ0v) is 19.4. The van der Waals surface area contributed by atoms with Gasteiger partial charge in [-0.1, -0.05) is 0 Å². The number of rotatable bonds is 7. The summed E-state index contributed by atoms with van der Waals surface area (Å²) in [4.78, 5) is 19.7. The molecule has 29 heavy (non-hydrogen) atoms. The second kappa shape index (κ2) is 12.1. The Balaban J connectivity index is 0.00000210. The molecule has 7 nitrogen and oxygen atoms in total. The Hall–Kier alpha value is -0.860. The molecule has 0 bridgehead atoms. The van der Waals surface area contributed by atoms with Crippen LogP contribution in [0.5, 0.6) is 0 Å². The molecule has 1 aromatic rings. The van der Waals surface area contributed by atoms with Crippen molar-refractivity contribution in [2.24, 2.45) is 11.3 Å². The van der Waals surface area contributed by atoms with Gasteiger partial charge in [-0.2, -0.15) is 0 Å². The number of hydrogen-bond donors (Lipinski definition) is 2. The molecule has 9 heteroatoms. The zero-order valence-electron chi connectivity index (χ0n) is 17.8. The van der Waals surface area contributed by atoms with E-state index in [1.807, 2.05) is 13.8 Å². The molecule has 168 valence electrons. The van der Waals surface area contributed by atoms with Gasteiger partial charge in [0.2, 0.25) is 11.8 Å². The lowest BCUT2D eigenvalue weighted by molar-refractivity contribution is -0.136. The highest BCUT2D eigenvalue weighted by Crippen LogP contribution is 2.29. The summed E-state index contributed by atoms with van der Waals surface area (Å²) < 4.78 is 11.1. The average molecular weight is 451 g/mol. The molecule has 1 aromatic heterocycles. The van der Waals surface area contributed by atoms with Crippen molar-refractivity contribution >= 4 is 30.7 Å². The summed E-state index contributed by atoms with van der Waals surface area (Å²) in [7, 11) is 1.68. The van der Waals surface area contributed by atoms with Gasteiger partial charge in [-0.25, -0.2) is 4.98 Å². The van der Waals surface area contributed by atoms with Crippen molar-refractivity contribution in [3.05, 3.63) is 17.3 Å². The number of oxazole rings is 1. The number of carbonyl (C=O) groups is 1. The van der Waals surface area contributed by atoms with Crippen molar-refractivity contribution < 1.29 is 13.9 Å². The van der Waals surface area contributed by atoms with Gasteiger partial charge < -0.3 is 19.8 Å². The number of aryl methyl sites for hydroxylation is 2. The SMILES string of the molecule is COCC1(C(=O)NCC2CCN(Cc3nc(C)c(C)o3)CC2)CCNCC1.Cl.Cl. The molecule has 2 saturated heterocycles. The van der Waals surface area contributed by atoms with Gasteiger partial charge in [-0.15, -0.1) is 24.8 Å². The van der Waals surface area contributed by atoms with Crippen molar-refractivity contribution in [2.45, 2.75) is 46.1 Å². The predicted molar refractivity (Wildman–Crippen MR) is 118 cm³/mol. The Kier molecular flexibility index (Phi) is 10.9. The number of likely N-dealkylation sites (tertiary alicyclic amines) is 1. The Morgan fingerprint density at radius 1 is 1.28 bits per heavy atom. The highest BCUT2D eigenvalue weighted by Gasteiger charge is 2.39. The summed E-state index contributed by atoms with van der Waals surface area (Å²) in [6, 6.07) is 0. The minimum atomic E-state index is -0.360. The first-order chi connectivity index (χ1) is 13.0. The minimum absolute atomic E-state index is 0. The van der Waals surface area contributed by atoms with Crippen LogP contribution in [0.4, 0.5) is 0 Å². The highest BCUT2D eigenvalue weighted by atomic mass is 35.5. The number of hydrogen-bond acceptors (Lipinski definition) is 6. The molecule has 0 spiro atoms. The zero-order chi connectivity index (χ0) is 19.3. The maximum atomic E-state index is 12.8. The van der Waals surface area contributed by atoms with Crippen molar-refractivity contribution in [1.82, 2.24) is 20.5 Å².